The summed E-state index contributed by atoms with van der Waals surface area (Å²) < 4.78 is 0.818. The van der Waals surface area contributed by atoms with E-state index < -0.39 is 0 Å². The Kier molecular flexibility index (Phi) is 3.18. The summed E-state index contributed by atoms with van der Waals surface area (Å²) >= 11 is 6.15. The van der Waals surface area contributed by atoms with Crippen LogP contribution in [0.4, 0.5) is 5.13 Å². The molecule has 2 aromatic heterocycles. The largest absolute Gasteiger partial charge is 0.297 e. The quantitative estimate of drug-likeness (QED) is 0.922. The molecule has 0 aliphatic heterocycles. The van der Waals surface area contributed by atoms with Crippen LogP contribution in [0.2, 0.25) is 0 Å². The van der Waals surface area contributed by atoms with E-state index in [-0.39, 0.29) is 5.91 Å². The lowest BCUT2D eigenvalue weighted by Crippen LogP contribution is -2.10. The maximum atomic E-state index is 11.7. The van der Waals surface area contributed by atoms with Crippen LogP contribution in [0.15, 0.2) is 21.3 Å². The first-order valence-corrected chi connectivity index (χ1v) is 6.68. The zero-order valence-electron chi connectivity index (χ0n) is 7.78. The number of carbonyl (C=O) groups excluding carboxylic acids is 1. The second-order valence-corrected chi connectivity index (χ2v) is 5.47. The zero-order valence-corrected chi connectivity index (χ0v) is 11.0. The number of hydrogen-bond acceptors (Lipinski definition) is 4. The highest BCUT2D eigenvalue weighted by Crippen LogP contribution is 2.24. The number of rotatable bonds is 2. The van der Waals surface area contributed by atoms with E-state index in [0.717, 1.165) is 10.2 Å². The van der Waals surface area contributed by atoms with Gasteiger partial charge >= 0.3 is 0 Å². The molecule has 0 bridgehead atoms. The molecule has 0 unspecified atom stereocenters. The summed E-state index contributed by atoms with van der Waals surface area (Å²) in [6, 6.07) is 1.85. The molecule has 3 nitrogen and oxygen atoms in total. The van der Waals surface area contributed by atoms with Crippen molar-refractivity contribution in [2.24, 2.45) is 0 Å². The maximum Gasteiger partial charge on any atom is 0.268 e. The molecule has 78 valence electrons. The summed E-state index contributed by atoms with van der Waals surface area (Å²) in [5.41, 5.74) is 0.917. The number of thiazole rings is 1. The average Bonchev–Trinajstić information content (AvgIpc) is 2.75. The van der Waals surface area contributed by atoms with Crippen LogP contribution in [0, 0.1) is 6.92 Å². The number of nitrogens with zero attached hydrogens (tertiary/aromatic N) is 1. The molecule has 0 spiro atoms. The van der Waals surface area contributed by atoms with Gasteiger partial charge in [0.15, 0.2) is 5.13 Å². The van der Waals surface area contributed by atoms with Gasteiger partial charge in [0.2, 0.25) is 0 Å². The van der Waals surface area contributed by atoms with Crippen LogP contribution in [-0.4, -0.2) is 10.9 Å². The van der Waals surface area contributed by atoms with Gasteiger partial charge in [0.1, 0.15) is 4.88 Å². The predicted molar refractivity (Wildman–Crippen MR) is 66.8 cm³/mol. The number of nitrogens with one attached hydrogen (secondary N) is 1. The number of anilines is 1. The SMILES string of the molecule is Cc1csc(NC(=O)c2sccc2Br)n1. The fourth-order valence-corrected chi connectivity index (χ4v) is 3.15. The number of aryl methyl sites for hydroxylation is 1. The van der Waals surface area contributed by atoms with Crippen molar-refractivity contribution in [1.82, 2.24) is 4.98 Å². The smallest absolute Gasteiger partial charge is 0.268 e. The van der Waals surface area contributed by atoms with Gasteiger partial charge in [0.05, 0.1) is 5.69 Å². The van der Waals surface area contributed by atoms with Gasteiger partial charge in [-0.1, -0.05) is 0 Å². The number of carbonyl (C=O) groups is 1. The van der Waals surface area contributed by atoms with E-state index in [1.54, 1.807) is 0 Å². The third kappa shape index (κ3) is 2.45. The van der Waals surface area contributed by atoms with Gasteiger partial charge in [0, 0.05) is 9.85 Å². The van der Waals surface area contributed by atoms with Crippen LogP contribution in [0.1, 0.15) is 15.4 Å². The van der Waals surface area contributed by atoms with Crippen molar-refractivity contribution in [3.63, 3.8) is 0 Å². The van der Waals surface area contributed by atoms with Crippen molar-refractivity contribution in [3.05, 3.63) is 31.9 Å². The summed E-state index contributed by atoms with van der Waals surface area (Å²) in [6.45, 7) is 1.90. The Labute approximate surface area is 103 Å². The van der Waals surface area contributed by atoms with Crippen molar-refractivity contribution < 1.29 is 4.79 Å². The molecule has 0 aromatic carbocycles. The Hall–Kier alpha value is -0.720. The molecular weight excluding hydrogens is 296 g/mol. The van der Waals surface area contributed by atoms with Crippen LogP contribution in [0.5, 0.6) is 0 Å². The Morgan fingerprint density at radius 2 is 2.33 bits per heavy atom. The Balaban J connectivity index is 2.14. The highest BCUT2D eigenvalue weighted by molar-refractivity contribution is 9.10. The second-order valence-electron chi connectivity index (χ2n) is 2.85. The highest BCUT2D eigenvalue weighted by Gasteiger charge is 2.12. The lowest BCUT2D eigenvalue weighted by Gasteiger charge is -1.98. The summed E-state index contributed by atoms with van der Waals surface area (Å²) in [6.07, 6.45) is 0. The van der Waals surface area contributed by atoms with E-state index in [9.17, 15) is 4.79 Å². The number of hydrogen-bond donors (Lipinski definition) is 1. The molecule has 1 amide bonds. The number of aromatic nitrogens is 1. The molecule has 0 saturated carbocycles. The van der Waals surface area contributed by atoms with Crippen LogP contribution in [0.3, 0.4) is 0 Å². The first kappa shape index (κ1) is 10.8. The molecule has 2 rings (SSSR count). The van der Waals surface area contributed by atoms with Gasteiger partial charge in [0.25, 0.3) is 5.91 Å². The van der Waals surface area contributed by atoms with Gasteiger partial charge in [-0.05, 0) is 34.3 Å². The van der Waals surface area contributed by atoms with Crippen molar-refractivity contribution in [2.75, 3.05) is 5.32 Å². The number of thiophene rings is 1. The Morgan fingerprint density at radius 1 is 1.53 bits per heavy atom. The highest BCUT2D eigenvalue weighted by atomic mass is 79.9. The monoisotopic (exact) mass is 302 g/mol. The molecule has 2 aromatic rings. The Bertz CT molecular complexity index is 492. The maximum absolute atomic E-state index is 11.7. The summed E-state index contributed by atoms with van der Waals surface area (Å²) in [5.74, 6) is -0.119. The normalized spacial score (nSPS) is 10.3. The molecule has 0 aliphatic carbocycles. The van der Waals surface area contributed by atoms with Crippen molar-refractivity contribution in [2.45, 2.75) is 6.92 Å². The summed E-state index contributed by atoms with van der Waals surface area (Å²) in [4.78, 5) is 16.6. The first-order chi connectivity index (χ1) is 7.16. The average molecular weight is 303 g/mol. The number of halogens is 1. The fourth-order valence-electron chi connectivity index (χ4n) is 1.02. The predicted octanol–water partition coefficient (Wildman–Crippen LogP) is 3.53. The molecule has 6 heteroatoms. The third-order valence-corrected chi connectivity index (χ3v) is 4.37. The lowest BCUT2D eigenvalue weighted by molar-refractivity contribution is 0.103. The summed E-state index contributed by atoms with van der Waals surface area (Å²) in [5, 5.41) is 7.16. The molecule has 0 aliphatic rings. The van der Waals surface area contributed by atoms with Gasteiger partial charge < -0.3 is 0 Å². The molecule has 0 saturated heterocycles. The van der Waals surface area contributed by atoms with Crippen molar-refractivity contribution in [1.29, 1.82) is 0 Å². The van der Waals surface area contributed by atoms with Gasteiger partial charge in [-0.25, -0.2) is 4.98 Å². The van der Waals surface area contributed by atoms with E-state index >= 15 is 0 Å². The van der Waals surface area contributed by atoms with E-state index in [1.165, 1.54) is 22.7 Å². The minimum Gasteiger partial charge on any atom is -0.297 e. The number of amides is 1. The standard InChI is InChI=1S/C9H7BrN2OS2/c1-5-4-15-9(11-5)12-8(13)7-6(10)2-3-14-7/h2-4H,1H3,(H,11,12,13). The molecule has 2 heterocycles. The molecule has 0 fully saturated rings. The Morgan fingerprint density at radius 3 is 2.87 bits per heavy atom. The van der Waals surface area contributed by atoms with Crippen LogP contribution >= 0.6 is 38.6 Å². The van der Waals surface area contributed by atoms with E-state index in [0.29, 0.717) is 10.0 Å². The van der Waals surface area contributed by atoms with Gasteiger partial charge in [-0.3, -0.25) is 10.1 Å². The zero-order chi connectivity index (χ0) is 10.8. The summed E-state index contributed by atoms with van der Waals surface area (Å²) in [7, 11) is 0. The molecular formula is C9H7BrN2OS2. The van der Waals surface area contributed by atoms with Crippen molar-refractivity contribution >= 4 is 49.6 Å². The van der Waals surface area contributed by atoms with E-state index in [4.69, 9.17) is 0 Å². The van der Waals surface area contributed by atoms with Gasteiger partial charge in [-0.15, -0.1) is 22.7 Å². The minimum atomic E-state index is -0.119. The first-order valence-electron chi connectivity index (χ1n) is 4.13. The van der Waals surface area contributed by atoms with Crippen LogP contribution in [0.25, 0.3) is 0 Å². The molecule has 0 atom stereocenters. The topological polar surface area (TPSA) is 42.0 Å². The minimum absolute atomic E-state index is 0.119. The molecule has 15 heavy (non-hydrogen) atoms. The third-order valence-electron chi connectivity index (χ3n) is 1.66. The van der Waals surface area contributed by atoms with Crippen molar-refractivity contribution in [3.8, 4) is 0 Å². The van der Waals surface area contributed by atoms with Gasteiger partial charge in [-0.2, -0.15) is 0 Å². The molecule has 1 N–H and O–H groups in total. The fraction of sp³-hybridized carbons (Fsp3) is 0.111. The van der Waals surface area contributed by atoms with E-state index in [1.807, 2.05) is 23.8 Å². The van der Waals surface area contributed by atoms with Crippen LogP contribution < -0.4 is 5.32 Å². The second kappa shape index (κ2) is 4.42. The van der Waals surface area contributed by atoms with E-state index in [2.05, 4.69) is 26.2 Å². The van der Waals surface area contributed by atoms with Crippen LogP contribution in [-0.2, 0) is 0 Å². The lowest BCUT2D eigenvalue weighted by atomic mass is 10.4. The molecule has 0 radical (unpaired) electrons.